The van der Waals surface area contributed by atoms with Crippen molar-refractivity contribution in [2.24, 2.45) is 0 Å². The van der Waals surface area contributed by atoms with Gasteiger partial charge in [0.15, 0.2) is 11.4 Å². The second-order valence-corrected chi connectivity index (χ2v) is 8.63. The van der Waals surface area contributed by atoms with Crippen LogP contribution >= 0.6 is 0 Å². The quantitative estimate of drug-likeness (QED) is 0.406. The molecule has 1 amide bonds. The standard InChI is InChI=1S/C27H23N5O3/c1-16-5-3-4-6-20(16)18-7-9-22-25(14-18)34-12-11-31(22)27(33)23-13-17(2)29-32(23)19-8-10-24-21(15-19)26(28)30-35-24/h3-10,13-15H,11-12H2,1-2H3,(H2,28,30). The molecule has 2 aromatic heterocycles. The van der Waals surface area contributed by atoms with Gasteiger partial charge in [0.2, 0.25) is 0 Å². The number of carbonyl (C=O) groups is 1. The van der Waals surface area contributed by atoms with Crippen molar-refractivity contribution in [3.8, 4) is 22.6 Å². The highest BCUT2D eigenvalue weighted by Crippen LogP contribution is 2.37. The monoisotopic (exact) mass is 465 g/mol. The molecule has 0 atom stereocenters. The number of nitrogens with zero attached hydrogens (tertiary/aromatic N) is 4. The van der Waals surface area contributed by atoms with E-state index in [2.05, 4.69) is 29.3 Å². The van der Waals surface area contributed by atoms with Crippen LogP contribution in [0.2, 0.25) is 0 Å². The summed E-state index contributed by atoms with van der Waals surface area (Å²) in [6.45, 7) is 4.80. The molecule has 8 nitrogen and oxygen atoms in total. The summed E-state index contributed by atoms with van der Waals surface area (Å²) in [6.07, 6.45) is 0. The predicted octanol–water partition coefficient (Wildman–Crippen LogP) is 4.92. The SMILES string of the molecule is Cc1cc(C(=O)N2CCOc3cc(-c4ccccc4C)ccc32)n(-c2ccc3onc(N)c3c2)n1. The number of ether oxygens (including phenoxy) is 1. The first-order valence-corrected chi connectivity index (χ1v) is 11.4. The van der Waals surface area contributed by atoms with E-state index in [1.54, 1.807) is 21.7 Å². The van der Waals surface area contributed by atoms with Gasteiger partial charge in [-0.1, -0.05) is 35.5 Å². The minimum Gasteiger partial charge on any atom is -0.490 e. The Hall–Kier alpha value is -4.59. The largest absolute Gasteiger partial charge is 0.490 e. The Morgan fingerprint density at radius 1 is 1.03 bits per heavy atom. The number of nitrogen functional groups attached to an aromatic ring is 1. The maximum absolute atomic E-state index is 13.8. The third-order valence-corrected chi connectivity index (χ3v) is 6.30. The molecule has 0 saturated carbocycles. The van der Waals surface area contributed by atoms with Gasteiger partial charge in [-0.05, 0) is 66.9 Å². The van der Waals surface area contributed by atoms with E-state index in [0.29, 0.717) is 47.1 Å². The molecule has 6 rings (SSSR count). The third kappa shape index (κ3) is 3.50. The average Bonchev–Trinajstić information content (AvgIpc) is 3.45. The average molecular weight is 466 g/mol. The van der Waals surface area contributed by atoms with E-state index in [-0.39, 0.29) is 5.91 Å². The van der Waals surface area contributed by atoms with E-state index < -0.39 is 0 Å². The van der Waals surface area contributed by atoms with Gasteiger partial charge < -0.3 is 19.9 Å². The van der Waals surface area contributed by atoms with Gasteiger partial charge in [-0.25, -0.2) is 4.68 Å². The molecule has 174 valence electrons. The third-order valence-electron chi connectivity index (χ3n) is 6.30. The highest BCUT2D eigenvalue weighted by molar-refractivity contribution is 6.07. The summed E-state index contributed by atoms with van der Waals surface area (Å²) in [5, 5.41) is 9.07. The summed E-state index contributed by atoms with van der Waals surface area (Å²) >= 11 is 0. The van der Waals surface area contributed by atoms with E-state index in [1.807, 2.05) is 49.4 Å². The number of amides is 1. The normalized spacial score (nSPS) is 13.0. The van der Waals surface area contributed by atoms with Crippen molar-refractivity contribution >= 4 is 28.4 Å². The fraction of sp³-hybridized carbons (Fsp3) is 0.148. The van der Waals surface area contributed by atoms with Crippen LogP contribution in [-0.2, 0) is 0 Å². The lowest BCUT2D eigenvalue weighted by Crippen LogP contribution is -2.38. The van der Waals surface area contributed by atoms with E-state index in [9.17, 15) is 4.79 Å². The molecule has 8 heteroatoms. The second kappa shape index (κ2) is 8.02. The maximum atomic E-state index is 13.8. The number of carbonyl (C=O) groups excluding carboxylic acids is 1. The first-order valence-electron chi connectivity index (χ1n) is 11.4. The first kappa shape index (κ1) is 21.0. The Bertz CT molecular complexity index is 1600. The summed E-state index contributed by atoms with van der Waals surface area (Å²) in [6, 6.07) is 21.4. The molecule has 0 saturated heterocycles. The molecular weight excluding hydrogens is 442 g/mol. The second-order valence-electron chi connectivity index (χ2n) is 8.63. The zero-order chi connectivity index (χ0) is 24.1. The van der Waals surface area contributed by atoms with Crippen LogP contribution in [0.5, 0.6) is 5.75 Å². The number of benzene rings is 3. The van der Waals surface area contributed by atoms with Crippen LogP contribution in [0, 0.1) is 13.8 Å². The molecule has 0 aliphatic carbocycles. The van der Waals surface area contributed by atoms with E-state index >= 15 is 0 Å². The van der Waals surface area contributed by atoms with Gasteiger partial charge in [-0.3, -0.25) is 4.79 Å². The molecule has 3 heterocycles. The van der Waals surface area contributed by atoms with Crippen molar-refractivity contribution < 1.29 is 14.1 Å². The molecule has 0 spiro atoms. The summed E-state index contributed by atoms with van der Waals surface area (Å²) in [4.78, 5) is 15.6. The number of aromatic nitrogens is 3. The summed E-state index contributed by atoms with van der Waals surface area (Å²) in [7, 11) is 0. The smallest absolute Gasteiger partial charge is 0.277 e. The molecule has 1 aliphatic heterocycles. The van der Waals surface area contributed by atoms with Gasteiger partial charge in [0.25, 0.3) is 5.91 Å². The van der Waals surface area contributed by atoms with Crippen molar-refractivity contribution in [2.75, 3.05) is 23.8 Å². The number of fused-ring (bicyclic) bond motifs is 2. The minimum atomic E-state index is -0.155. The summed E-state index contributed by atoms with van der Waals surface area (Å²) in [5.74, 6) is 0.828. The molecule has 1 aliphatic rings. The fourth-order valence-corrected chi connectivity index (χ4v) is 4.56. The highest BCUT2D eigenvalue weighted by atomic mass is 16.5. The Labute approximate surface area is 201 Å². The maximum Gasteiger partial charge on any atom is 0.277 e. The zero-order valence-electron chi connectivity index (χ0n) is 19.4. The Balaban J connectivity index is 1.39. The van der Waals surface area contributed by atoms with Crippen molar-refractivity contribution in [1.29, 1.82) is 0 Å². The van der Waals surface area contributed by atoms with Gasteiger partial charge in [0, 0.05) is 0 Å². The Morgan fingerprint density at radius 3 is 2.74 bits per heavy atom. The number of hydrogen-bond donors (Lipinski definition) is 1. The van der Waals surface area contributed by atoms with Crippen molar-refractivity contribution in [3.63, 3.8) is 0 Å². The topological polar surface area (TPSA) is 99.4 Å². The number of rotatable bonds is 3. The van der Waals surface area contributed by atoms with E-state index in [4.69, 9.17) is 15.0 Å². The van der Waals surface area contributed by atoms with Crippen LogP contribution in [0.4, 0.5) is 11.5 Å². The molecule has 2 N–H and O–H groups in total. The molecule has 3 aromatic carbocycles. The fourth-order valence-electron chi connectivity index (χ4n) is 4.56. The van der Waals surface area contributed by atoms with Gasteiger partial charge in [-0.2, -0.15) is 5.10 Å². The van der Waals surface area contributed by atoms with Crippen LogP contribution in [0.3, 0.4) is 0 Å². The lowest BCUT2D eigenvalue weighted by Gasteiger charge is -2.30. The highest BCUT2D eigenvalue weighted by Gasteiger charge is 2.28. The first-order chi connectivity index (χ1) is 17.0. The van der Waals surface area contributed by atoms with Gasteiger partial charge in [0.1, 0.15) is 18.1 Å². The van der Waals surface area contributed by atoms with Crippen molar-refractivity contribution in [3.05, 3.63) is 83.7 Å². The number of anilines is 2. The number of aryl methyl sites for hydroxylation is 2. The molecule has 35 heavy (non-hydrogen) atoms. The summed E-state index contributed by atoms with van der Waals surface area (Å²) in [5.41, 5.74) is 12.5. The van der Waals surface area contributed by atoms with Crippen molar-refractivity contribution in [1.82, 2.24) is 14.9 Å². The van der Waals surface area contributed by atoms with E-state index in [1.165, 1.54) is 5.56 Å². The molecule has 0 bridgehead atoms. The van der Waals surface area contributed by atoms with Gasteiger partial charge >= 0.3 is 0 Å². The van der Waals surface area contributed by atoms with E-state index in [0.717, 1.165) is 22.5 Å². The van der Waals surface area contributed by atoms with Crippen LogP contribution in [0.25, 0.3) is 27.8 Å². The van der Waals surface area contributed by atoms with Gasteiger partial charge in [-0.15, -0.1) is 0 Å². The molecule has 0 unspecified atom stereocenters. The molecule has 5 aromatic rings. The predicted molar refractivity (Wildman–Crippen MR) is 134 cm³/mol. The number of nitrogens with two attached hydrogens (primary N) is 1. The lowest BCUT2D eigenvalue weighted by molar-refractivity contribution is 0.0969. The minimum absolute atomic E-state index is 0.155. The Kier molecular flexibility index (Phi) is 4.81. The molecule has 0 fully saturated rings. The van der Waals surface area contributed by atoms with Crippen molar-refractivity contribution in [2.45, 2.75) is 13.8 Å². The number of hydrogen-bond acceptors (Lipinski definition) is 6. The van der Waals surface area contributed by atoms with Gasteiger partial charge in [0.05, 0.1) is 29.0 Å². The Morgan fingerprint density at radius 2 is 1.89 bits per heavy atom. The van der Waals surface area contributed by atoms with Crippen LogP contribution in [0.15, 0.2) is 71.3 Å². The van der Waals surface area contributed by atoms with Crippen LogP contribution < -0.4 is 15.4 Å². The zero-order valence-corrected chi connectivity index (χ0v) is 19.4. The summed E-state index contributed by atoms with van der Waals surface area (Å²) < 4.78 is 12.8. The molecule has 0 radical (unpaired) electrons. The van der Waals surface area contributed by atoms with Crippen LogP contribution in [0.1, 0.15) is 21.7 Å². The van der Waals surface area contributed by atoms with Crippen LogP contribution in [-0.4, -0.2) is 34.0 Å². The molecular formula is C27H23N5O3. The lowest BCUT2D eigenvalue weighted by atomic mass is 9.99.